The fourth-order valence-corrected chi connectivity index (χ4v) is 1.94. The summed E-state index contributed by atoms with van der Waals surface area (Å²) in [5, 5.41) is 2.90. The quantitative estimate of drug-likeness (QED) is 0.864. The van der Waals surface area contributed by atoms with Gasteiger partial charge in [0.05, 0.1) is 0 Å². The zero-order chi connectivity index (χ0) is 15.2. The molecule has 1 amide bonds. The van der Waals surface area contributed by atoms with Gasteiger partial charge in [-0.15, -0.1) is 0 Å². The molecule has 1 N–H and O–H groups in total. The van der Waals surface area contributed by atoms with E-state index in [0.717, 1.165) is 16.9 Å². The summed E-state index contributed by atoms with van der Waals surface area (Å²) in [7, 11) is 3.97. The van der Waals surface area contributed by atoms with Crippen molar-refractivity contribution in [2.24, 2.45) is 0 Å². The van der Waals surface area contributed by atoms with Crippen LogP contribution in [0.15, 0.2) is 60.2 Å². The summed E-state index contributed by atoms with van der Waals surface area (Å²) in [5.41, 5.74) is 3.60. The molecule has 0 bridgehead atoms. The number of rotatable bonds is 4. The smallest absolute Gasteiger partial charge is 0.251 e. The van der Waals surface area contributed by atoms with Crippen LogP contribution in [0, 0.1) is 0 Å². The van der Waals surface area contributed by atoms with Crippen molar-refractivity contribution in [1.29, 1.82) is 0 Å². The summed E-state index contributed by atoms with van der Waals surface area (Å²) in [6, 6.07) is 17.6. The van der Waals surface area contributed by atoms with Gasteiger partial charge >= 0.3 is 0 Å². The molecule has 2 aromatic carbocycles. The Bertz CT molecular complexity index is 628. The highest BCUT2D eigenvalue weighted by Crippen LogP contribution is 2.16. The molecule has 21 heavy (non-hydrogen) atoms. The Hall–Kier alpha value is -2.55. The maximum absolute atomic E-state index is 12.1. The van der Waals surface area contributed by atoms with Crippen molar-refractivity contribution in [1.82, 2.24) is 0 Å². The molecule has 0 aliphatic heterocycles. The summed E-state index contributed by atoms with van der Waals surface area (Å²) in [6.07, 6.45) is 1.88. The van der Waals surface area contributed by atoms with Crippen LogP contribution in [0.25, 0.3) is 6.08 Å². The molecular formula is C18H20N2O. The zero-order valence-electron chi connectivity index (χ0n) is 12.6. The van der Waals surface area contributed by atoms with Gasteiger partial charge in [0.1, 0.15) is 0 Å². The van der Waals surface area contributed by atoms with E-state index in [-0.39, 0.29) is 5.91 Å². The van der Waals surface area contributed by atoms with Gasteiger partial charge in [-0.25, -0.2) is 0 Å². The Kier molecular flexibility index (Phi) is 4.77. The normalized spacial score (nSPS) is 11.1. The Morgan fingerprint density at radius 2 is 1.62 bits per heavy atom. The van der Waals surface area contributed by atoms with E-state index in [1.54, 1.807) is 0 Å². The predicted molar refractivity (Wildman–Crippen MR) is 89.5 cm³/mol. The SMILES string of the molecule is CC(=Cc1ccccc1)C(=O)Nc1ccc(N(C)C)cc1. The van der Waals surface area contributed by atoms with Crippen LogP contribution in [0.1, 0.15) is 12.5 Å². The minimum Gasteiger partial charge on any atom is -0.378 e. The van der Waals surface area contributed by atoms with Crippen molar-refractivity contribution < 1.29 is 4.79 Å². The van der Waals surface area contributed by atoms with E-state index in [0.29, 0.717) is 5.57 Å². The molecule has 2 rings (SSSR count). The molecule has 0 aliphatic carbocycles. The Balaban J connectivity index is 2.05. The van der Waals surface area contributed by atoms with Crippen LogP contribution in [-0.2, 0) is 4.79 Å². The molecule has 0 atom stereocenters. The van der Waals surface area contributed by atoms with Crippen LogP contribution in [0.4, 0.5) is 11.4 Å². The lowest BCUT2D eigenvalue weighted by atomic mass is 10.1. The van der Waals surface area contributed by atoms with Gasteiger partial charge in [0.15, 0.2) is 0 Å². The number of hydrogen-bond donors (Lipinski definition) is 1. The third-order valence-electron chi connectivity index (χ3n) is 3.18. The number of amides is 1. The van der Waals surface area contributed by atoms with Gasteiger partial charge in [-0.2, -0.15) is 0 Å². The van der Waals surface area contributed by atoms with Gasteiger partial charge in [0.25, 0.3) is 5.91 Å². The second-order valence-electron chi connectivity index (χ2n) is 5.13. The number of benzene rings is 2. The second-order valence-corrected chi connectivity index (χ2v) is 5.13. The summed E-state index contributed by atoms with van der Waals surface area (Å²) >= 11 is 0. The van der Waals surface area contributed by atoms with E-state index in [4.69, 9.17) is 0 Å². The third kappa shape index (κ3) is 4.21. The first-order valence-electron chi connectivity index (χ1n) is 6.88. The fraction of sp³-hybridized carbons (Fsp3) is 0.167. The highest BCUT2D eigenvalue weighted by atomic mass is 16.1. The largest absolute Gasteiger partial charge is 0.378 e. The molecule has 0 spiro atoms. The molecule has 3 nitrogen and oxygen atoms in total. The summed E-state index contributed by atoms with van der Waals surface area (Å²) < 4.78 is 0. The van der Waals surface area contributed by atoms with Crippen molar-refractivity contribution >= 4 is 23.4 Å². The molecule has 0 aliphatic rings. The monoisotopic (exact) mass is 280 g/mol. The standard InChI is InChI=1S/C18H20N2O/c1-14(13-15-7-5-4-6-8-15)18(21)19-16-9-11-17(12-10-16)20(2)3/h4-13H,1-3H3,(H,19,21). The highest BCUT2D eigenvalue weighted by Gasteiger charge is 2.05. The van der Waals surface area contributed by atoms with Gasteiger partial charge in [0.2, 0.25) is 0 Å². The molecule has 0 saturated heterocycles. The van der Waals surface area contributed by atoms with Gasteiger partial charge < -0.3 is 10.2 Å². The molecule has 0 radical (unpaired) electrons. The average molecular weight is 280 g/mol. The van der Waals surface area contributed by atoms with Crippen LogP contribution in [0.2, 0.25) is 0 Å². The van der Waals surface area contributed by atoms with E-state index >= 15 is 0 Å². The van der Waals surface area contributed by atoms with E-state index in [2.05, 4.69) is 5.32 Å². The lowest BCUT2D eigenvalue weighted by Crippen LogP contribution is -2.13. The van der Waals surface area contributed by atoms with E-state index in [1.165, 1.54) is 0 Å². The number of carbonyl (C=O) groups is 1. The lowest BCUT2D eigenvalue weighted by Gasteiger charge is -2.13. The predicted octanol–water partition coefficient (Wildman–Crippen LogP) is 3.79. The molecule has 0 aromatic heterocycles. The van der Waals surface area contributed by atoms with Gasteiger partial charge in [-0.1, -0.05) is 30.3 Å². The Morgan fingerprint density at radius 3 is 2.19 bits per heavy atom. The zero-order valence-corrected chi connectivity index (χ0v) is 12.6. The van der Waals surface area contributed by atoms with Crippen LogP contribution in [0.5, 0.6) is 0 Å². The number of nitrogens with zero attached hydrogens (tertiary/aromatic N) is 1. The number of carbonyl (C=O) groups excluding carboxylic acids is 1. The first-order chi connectivity index (χ1) is 10.1. The molecule has 2 aromatic rings. The number of anilines is 2. The molecule has 0 unspecified atom stereocenters. The van der Waals surface area contributed by atoms with Crippen molar-refractivity contribution in [3.8, 4) is 0 Å². The van der Waals surface area contributed by atoms with Crippen molar-refractivity contribution in [3.63, 3.8) is 0 Å². The Labute approximate surface area is 125 Å². The summed E-state index contributed by atoms with van der Waals surface area (Å²) in [4.78, 5) is 14.2. The minimum absolute atomic E-state index is 0.0866. The third-order valence-corrected chi connectivity index (χ3v) is 3.18. The second kappa shape index (κ2) is 6.75. The fourth-order valence-electron chi connectivity index (χ4n) is 1.94. The van der Waals surface area contributed by atoms with Gasteiger partial charge in [0, 0.05) is 31.0 Å². The first-order valence-corrected chi connectivity index (χ1v) is 6.88. The molecular weight excluding hydrogens is 260 g/mol. The molecule has 108 valence electrons. The van der Waals surface area contributed by atoms with Crippen LogP contribution >= 0.6 is 0 Å². The van der Waals surface area contributed by atoms with Crippen molar-refractivity contribution in [2.75, 3.05) is 24.3 Å². The number of hydrogen-bond acceptors (Lipinski definition) is 2. The van der Waals surface area contributed by atoms with Crippen molar-refractivity contribution in [2.45, 2.75) is 6.92 Å². The molecule has 3 heteroatoms. The Morgan fingerprint density at radius 1 is 1.00 bits per heavy atom. The van der Waals surface area contributed by atoms with E-state index in [9.17, 15) is 4.79 Å². The average Bonchev–Trinajstić information content (AvgIpc) is 2.48. The van der Waals surface area contributed by atoms with Crippen LogP contribution < -0.4 is 10.2 Å². The molecule has 0 fully saturated rings. The minimum atomic E-state index is -0.0866. The van der Waals surface area contributed by atoms with E-state index < -0.39 is 0 Å². The van der Waals surface area contributed by atoms with Crippen LogP contribution in [-0.4, -0.2) is 20.0 Å². The maximum atomic E-state index is 12.1. The van der Waals surface area contributed by atoms with Crippen LogP contribution in [0.3, 0.4) is 0 Å². The summed E-state index contributed by atoms with van der Waals surface area (Å²) in [6.45, 7) is 1.82. The highest BCUT2D eigenvalue weighted by molar-refractivity contribution is 6.06. The molecule has 0 saturated carbocycles. The summed E-state index contributed by atoms with van der Waals surface area (Å²) in [5.74, 6) is -0.0866. The number of nitrogens with one attached hydrogen (secondary N) is 1. The first kappa shape index (κ1) is 14.9. The topological polar surface area (TPSA) is 32.3 Å². The maximum Gasteiger partial charge on any atom is 0.251 e. The van der Waals surface area contributed by atoms with Gasteiger partial charge in [-0.3, -0.25) is 4.79 Å². The van der Waals surface area contributed by atoms with Gasteiger partial charge in [-0.05, 0) is 42.8 Å². The van der Waals surface area contributed by atoms with E-state index in [1.807, 2.05) is 86.6 Å². The molecule has 0 heterocycles. The van der Waals surface area contributed by atoms with Crippen molar-refractivity contribution in [3.05, 3.63) is 65.7 Å². The lowest BCUT2D eigenvalue weighted by molar-refractivity contribution is -0.112.